The maximum atomic E-state index is 10.6. The van der Waals surface area contributed by atoms with Crippen LogP contribution in [-0.4, -0.2) is 26.4 Å². The van der Waals surface area contributed by atoms with Gasteiger partial charge in [0.2, 0.25) is 0 Å². The van der Waals surface area contributed by atoms with Crippen LogP contribution in [0.25, 0.3) is 0 Å². The number of aromatic nitrogens is 2. The van der Waals surface area contributed by atoms with Gasteiger partial charge >= 0.3 is 5.97 Å². The van der Waals surface area contributed by atoms with Crippen LogP contribution in [0.3, 0.4) is 0 Å². The first-order valence-electron chi connectivity index (χ1n) is 5.51. The minimum atomic E-state index is -0.825. The van der Waals surface area contributed by atoms with Gasteiger partial charge in [-0.1, -0.05) is 11.8 Å². The van der Waals surface area contributed by atoms with Crippen LogP contribution in [0, 0.1) is 6.92 Å². The summed E-state index contributed by atoms with van der Waals surface area (Å²) in [5.41, 5.74) is 0. The molecule has 2 aromatic heterocycles. The molecule has 0 bridgehead atoms. The molecule has 1 atom stereocenters. The van der Waals surface area contributed by atoms with Gasteiger partial charge < -0.3 is 9.67 Å². The third-order valence-corrected chi connectivity index (χ3v) is 4.68. The van der Waals surface area contributed by atoms with Crippen molar-refractivity contribution in [3.8, 4) is 0 Å². The molecule has 2 rings (SSSR count). The summed E-state index contributed by atoms with van der Waals surface area (Å²) in [6.45, 7) is 4.17. The maximum Gasteiger partial charge on any atom is 0.313 e. The standard InChI is InChI=1S/C12H14N2O2S2/c1-8-3-4-10(18-8)9(2)14-6-5-13-12(14)17-7-11(15)16/h3-6,9H,7H2,1-2H3,(H,15,16). The molecule has 0 aliphatic rings. The Morgan fingerprint density at radius 1 is 1.61 bits per heavy atom. The molecule has 0 aliphatic heterocycles. The predicted molar refractivity (Wildman–Crippen MR) is 73.5 cm³/mol. The molecule has 0 aromatic carbocycles. The van der Waals surface area contributed by atoms with E-state index in [0.29, 0.717) is 0 Å². The van der Waals surface area contributed by atoms with Crippen molar-refractivity contribution in [2.24, 2.45) is 0 Å². The van der Waals surface area contributed by atoms with Gasteiger partial charge in [0.1, 0.15) is 0 Å². The summed E-state index contributed by atoms with van der Waals surface area (Å²) >= 11 is 3.00. The van der Waals surface area contributed by atoms with Crippen molar-refractivity contribution in [1.29, 1.82) is 0 Å². The summed E-state index contributed by atoms with van der Waals surface area (Å²) in [5.74, 6) is -0.790. The van der Waals surface area contributed by atoms with Crippen LogP contribution in [0.5, 0.6) is 0 Å². The lowest BCUT2D eigenvalue weighted by Crippen LogP contribution is -2.07. The summed E-state index contributed by atoms with van der Waals surface area (Å²) < 4.78 is 2.01. The highest BCUT2D eigenvalue weighted by molar-refractivity contribution is 7.99. The summed E-state index contributed by atoms with van der Waals surface area (Å²) in [5, 5.41) is 9.45. The Labute approximate surface area is 114 Å². The number of aryl methyl sites for hydroxylation is 1. The third-order valence-electron chi connectivity index (χ3n) is 2.55. The molecule has 18 heavy (non-hydrogen) atoms. The lowest BCUT2D eigenvalue weighted by Gasteiger charge is -2.14. The molecule has 0 saturated heterocycles. The lowest BCUT2D eigenvalue weighted by molar-refractivity contribution is -0.133. The number of nitrogens with zero attached hydrogens (tertiary/aromatic N) is 2. The van der Waals surface area contributed by atoms with E-state index in [1.165, 1.54) is 21.5 Å². The Bertz CT molecular complexity index is 548. The molecule has 0 fully saturated rings. The predicted octanol–water partition coefficient (Wildman–Crippen LogP) is 3.04. The van der Waals surface area contributed by atoms with E-state index >= 15 is 0 Å². The molecule has 6 heteroatoms. The minimum Gasteiger partial charge on any atom is -0.481 e. The smallest absolute Gasteiger partial charge is 0.313 e. The van der Waals surface area contributed by atoms with Crippen molar-refractivity contribution in [3.63, 3.8) is 0 Å². The van der Waals surface area contributed by atoms with E-state index < -0.39 is 5.97 Å². The summed E-state index contributed by atoms with van der Waals surface area (Å²) in [6, 6.07) is 4.39. The molecule has 0 aliphatic carbocycles. The maximum absolute atomic E-state index is 10.6. The summed E-state index contributed by atoms with van der Waals surface area (Å²) in [7, 11) is 0. The number of aliphatic carboxylic acids is 1. The lowest BCUT2D eigenvalue weighted by atomic mass is 10.3. The molecule has 1 unspecified atom stereocenters. The zero-order valence-electron chi connectivity index (χ0n) is 10.2. The number of rotatable bonds is 5. The second kappa shape index (κ2) is 5.58. The number of carboxylic acids is 1. The monoisotopic (exact) mass is 282 g/mol. The molecule has 0 amide bonds. The molecule has 2 aromatic rings. The summed E-state index contributed by atoms with van der Waals surface area (Å²) in [4.78, 5) is 17.3. The van der Waals surface area contributed by atoms with Crippen LogP contribution in [0.1, 0.15) is 22.7 Å². The van der Waals surface area contributed by atoms with Crippen LogP contribution in [0.15, 0.2) is 29.7 Å². The first kappa shape index (κ1) is 13.2. The Morgan fingerprint density at radius 2 is 2.39 bits per heavy atom. The second-order valence-electron chi connectivity index (χ2n) is 3.92. The Hall–Kier alpha value is -1.27. The molecule has 2 heterocycles. The van der Waals surface area contributed by atoms with E-state index in [9.17, 15) is 4.79 Å². The first-order valence-corrected chi connectivity index (χ1v) is 7.32. The van der Waals surface area contributed by atoms with Gasteiger partial charge in [0.25, 0.3) is 0 Å². The van der Waals surface area contributed by atoms with E-state index in [-0.39, 0.29) is 11.8 Å². The Morgan fingerprint density at radius 3 is 3.00 bits per heavy atom. The average molecular weight is 282 g/mol. The molecule has 96 valence electrons. The quantitative estimate of drug-likeness (QED) is 0.856. The van der Waals surface area contributed by atoms with Gasteiger partial charge in [0.05, 0.1) is 11.8 Å². The molecule has 1 N–H and O–H groups in total. The van der Waals surface area contributed by atoms with Crippen molar-refractivity contribution < 1.29 is 9.90 Å². The second-order valence-corrected chi connectivity index (χ2v) is 6.19. The van der Waals surface area contributed by atoms with Gasteiger partial charge in [-0.05, 0) is 26.0 Å². The number of carboxylic acid groups (broad SMARTS) is 1. The third kappa shape index (κ3) is 2.94. The van der Waals surface area contributed by atoms with Crippen LogP contribution >= 0.6 is 23.1 Å². The van der Waals surface area contributed by atoms with Crippen LogP contribution < -0.4 is 0 Å². The molecule has 0 spiro atoms. The summed E-state index contributed by atoms with van der Waals surface area (Å²) in [6.07, 6.45) is 3.60. The van der Waals surface area contributed by atoms with Gasteiger partial charge in [0, 0.05) is 22.1 Å². The van der Waals surface area contributed by atoms with Crippen LogP contribution in [0.4, 0.5) is 0 Å². The minimum absolute atomic E-state index is 0.0349. The fourth-order valence-corrected chi connectivity index (χ4v) is 3.33. The van der Waals surface area contributed by atoms with Crippen LogP contribution in [-0.2, 0) is 4.79 Å². The number of thioether (sulfide) groups is 1. The first-order chi connectivity index (χ1) is 8.58. The SMILES string of the molecule is Cc1ccc(C(C)n2ccnc2SCC(=O)O)s1. The van der Waals surface area contributed by atoms with Crippen LogP contribution in [0.2, 0.25) is 0 Å². The normalized spacial score (nSPS) is 12.6. The number of imidazole rings is 1. The van der Waals surface area contributed by atoms with Gasteiger partial charge in [-0.2, -0.15) is 0 Å². The van der Waals surface area contributed by atoms with Crippen molar-refractivity contribution in [1.82, 2.24) is 9.55 Å². The van der Waals surface area contributed by atoms with Crippen molar-refractivity contribution in [2.45, 2.75) is 25.0 Å². The van der Waals surface area contributed by atoms with E-state index in [1.54, 1.807) is 17.5 Å². The van der Waals surface area contributed by atoms with E-state index in [2.05, 4.69) is 31.0 Å². The molecule has 0 radical (unpaired) electrons. The van der Waals surface area contributed by atoms with Gasteiger partial charge in [-0.25, -0.2) is 4.98 Å². The van der Waals surface area contributed by atoms with E-state index in [1.807, 2.05) is 10.8 Å². The van der Waals surface area contributed by atoms with Crippen molar-refractivity contribution >= 4 is 29.1 Å². The topological polar surface area (TPSA) is 55.1 Å². The highest BCUT2D eigenvalue weighted by Crippen LogP contribution is 2.29. The van der Waals surface area contributed by atoms with Gasteiger partial charge in [-0.3, -0.25) is 4.79 Å². The molecular weight excluding hydrogens is 268 g/mol. The highest BCUT2D eigenvalue weighted by atomic mass is 32.2. The number of hydrogen-bond donors (Lipinski definition) is 1. The molecular formula is C12H14N2O2S2. The largest absolute Gasteiger partial charge is 0.481 e. The van der Waals surface area contributed by atoms with Crippen molar-refractivity contribution in [3.05, 3.63) is 34.3 Å². The highest BCUT2D eigenvalue weighted by Gasteiger charge is 2.14. The molecule has 0 saturated carbocycles. The van der Waals surface area contributed by atoms with Crippen molar-refractivity contribution in [2.75, 3.05) is 5.75 Å². The Balaban J connectivity index is 2.17. The van der Waals surface area contributed by atoms with E-state index in [0.717, 1.165) is 5.16 Å². The fourth-order valence-electron chi connectivity index (χ4n) is 1.65. The average Bonchev–Trinajstić information content (AvgIpc) is 2.93. The zero-order valence-corrected chi connectivity index (χ0v) is 11.8. The number of carbonyl (C=O) groups is 1. The van der Waals surface area contributed by atoms with E-state index in [4.69, 9.17) is 5.11 Å². The Kier molecular flexibility index (Phi) is 4.08. The molecule has 4 nitrogen and oxygen atoms in total. The van der Waals surface area contributed by atoms with Gasteiger partial charge in [0.15, 0.2) is 5.16 Å². The number of hydrogen-bond acceptors (Lipinski definition) is 4. The van der Waals surface area contributed by atoms with Gasteiger partial charge in [-0.15, -0.1) is 11.3 Å². The number of thiophene rings is 1. The zero-order chi connectivity index (χ0) is 13.1. The fraction of sp³-hybridized carbons (Fsp3) is 0.333.